The summed E-state index contributed by atoms with van der Waals surface area (Å²) >= 11 is 0. The second kappa shape index (κ2) is 23.6. The van der Waals surface area contributed by atoms with Crippen LogP contribution in [0.15, 0.2) is 106 Å². The lowest BCUT2D eigenvalue weighted by Crippen LogP contribution is -2.43. The van der Waals surface area contributed by atoms with Crippen molar-refractivity contribution in [3.63, 3.8) is 0 Å². The summed E-state index contributed by atoms with van der Waals surface area (Å²) in [6.45, 7) is 12.6. The van der Waals surface area contributed by atoms with Crippen LogP contribution in [-0.4, -0.2) is 125 Å². The number of ketones is 1. The topological polar surface area (TPSA) is 188 Å². The maximum atomic E-state index is 11.8. The number of hydrogen-bond acceptors (Lipinski definition) is 11. The maximum Gasteiger partial charge on any atom is 0.410 e. The summed E-state index contributed by atoms with van der Waals surface area (Å²) < 4.78 is 38.1. The Morgan fingerprint density at radius 3 is 1.58 bits per heavy atom. The number of ether oxygens (including phenoxy) is 1. The summed E-state index contributed by atoms with van der Waals surface area (Å²) in [5.74, 6) is -0.280. The predicted octanol–water partition coefficient (Wildman–Crippen LogP) is 5.74. The van der Waals surface area contributed by atoms with Crippen LogP contribution in [0.3, 0.4) is 0 Å². The van der Waals surface area contributed by atoms with Crippen molar-refractivity contribution in [2.24, 2.45) is 16.7 Å². The molecule has 3 fully saturated rings. The minimum absolute atomic E-state index is 0.0146. The average molecular weight is 859 g/mol. The molecule has 12 nitrogen and oxygen atoms in total. The van der Waals surface area contributed by atoms with E-state index in [-0.39, 0.29) is 60.0 Å². The smallest absolute Gasteiger partial charge is 0.410 e. The van der Waals surface area contributed by atoms with Gasteiger partial charge in [-0.2, -0.15) is 0 Å². The molecule has 4 N–H and O–H groups in total. The number of hydrogen-bond donors (Lipinski definition) is 4. The summed E-state index contributed by atoms with van der Waals surface area (Å²) in [4.78, 5) is 31.1. The number of aliphatic hydroxyl groups excluding tert-OH is 4. The van der Waals surface area contributed by atoms with Crippen LogP contribution in [0.5, 0.6) is 0 Å². The largest absolute Gasteiger partial charge is 0.748 e. The average Bonchev–Trinajstić information content (AvgIpc) is 3.54. The van der Waals surface area contributed by atoms with E-state index in [0.717, 1.165) is 12.8 Å². The van der Waals surface area contributed by atoms with E-state index in [9.17, 15) is 27.7 Å². The molecule has 2 saturated carbocycles. The Kier molecular flexibility index (Phi) is 20.0. The molecule has 2 bridgehead atoms. The van der Waals surface area contributed by atoms with Crippen molar-refractivity contribution in [1.82, 2.24) is 9.80 Å². The van der Waals surface area contributed by atoms with Gasteiger partial charge in [0, 0.05) is 44.6 Å². The Hall–Kier alpha value is -3.34. The lowest BCUT2D eigenvalue weighted by Gasteiger charge is -2.37. The molecule has 3 aromatic rings. The number of piperidine rings is 1. The molecule has 6 rings (SSSR count). The predicted molar refractivity (Wildman–Crippen MR) is 230 cm³/mol. The number of carbonyl (C=O) groups is 2. The highest BCUT2D eigenvalue weighted by Gasteiger charge is 2.64. The third kappa shape index (κ3) is 15.0. The van der Waals surface area contributed by atoms with E-state index in [2.05, 4.69) is 91.0 Å². The molecular weight excluding hydrogens is 793 g/mol. The number of aliphatic hydroxyl groups is 4. The third-order valence-electron chi connectivity index (χ3n) is 11.7. The van der Waals surface area contributed by atoms with Crippen LogP contribution in [0, 0.1) is 16.7 Å². The molecule has 0 aromatic heterocycles. The van der Waals surface area contributed by atoms with Crippen molar-refractivity contribution in [2.75, 3.05) is 58.3 Å². The van der Waals surface area contributed by atoms with E-state index in [1.165, 1.54) is 14.7 Å². The van der Waals surface area contributed by atoms with Crippen LogP contribution in [0.1, 0.15) is 73.1 Å². The highest BCUT2D eigenvalue weighted by Crippen LogP contribution is 2.64. The van der Waals surface area contributed by atoms with Crippen LogP contribution in [0.2, 0.25) is 0 Å². The first kappa shape index (κ1) is 50.0. The summed E-state index contributed by atoms with van der Waals surface area (Å²) in [5.41, 5.74) is -1.62. The summed E-state index contributed by atoms with van der Waals surface area (Å²) in [7, 11) is -4.34. The van der Waals surface area contributed by atoms with Gasteiger partial charge in [0.2, 0.25) is 0 Å². The zero-order chi connectivity index (χ0) is 43.7. The molecule has 2 unspecified atom stereocenters. The van der Waals surface area contributed by atoms with Crippen molar-refractivity contribution in [1.29, 1.82) is 0 Å². The molecule has 1 aliphatic heterocycles. The summed E-state index contributed by atoms with van der Waals surface area (Å²) in [6.07, 6.45) is 3.47. The van der Waals surface area contributed by atoms with Crippen LogP contribution in [-0.2, 0) is 30.5 Å². The van der Waals surface area contributed by atoms with E-state index < -0.39 is 26.9 Å². The number of likely N-dealkylation sites (tertiary alicyclic amines) is 1. The molecule has 0 spiro atoms. The van der Waals surface area contributed by atoms with Gasteiger partial charge in [0.1, 0.15) is 11.4 Å². The second-order valence-electron chi connectivity index (χ2n) is 16.3. The van der Waals surface area contributed by atoms with Gasteiger partial charge in [-0.3, -0.25) is 9.69 Å². The van der Waals surface area contributed by atoms with Gasteiger partial charge in [0.05, 0.1) is 52.7 Å². The fraction of sp³-hybridized carbons (Fsp3) is 0.556. The van der Waals surface area contributed by atoms with Crippen molar-refractivity contribution in [2.45, 2.75) is 99.5 Å². The number of amides is 1. The summed E-state index contributed by atoms with van der Waals surface area (Å²) in [6, 6.07) is 32.2. The molecule has 59 heavy (non-hydrogen) atoms. The van der Waals surface area contributed by atoms with E-state index in [1.54, 1.807) is 9.80 Å². The fourth-order valence-corrected chi connectivity index (χ4v) is 11.1. The summed E-state index contributed by atoms with van der Waals surface area (Å²) in [5, 5.41) is 34.8. The number of nitrogens with zero attached hydrogens (tertiary/aromatic N) is 2. The molecule has 1 amide bonds. The number of rotatable bonds is 13. The minimum atomic E-state index is -4.33. The van der Waals surface area contributed by atoms with Gasteiger partial charge in [0.15, 0.2) is 14.7 Å². The van der Waals surface area contributed by atoms with E-state index in [1.807, 2.05) is 34.6 Å². The van der Waals surface area contributed by atoms with Crippen molar-refractivity contribution >= 4 is 32.9 Å². The minimum Gasteiger partial charge on any atom is -0.748 e. The molecule has 328 valence electrons. The van der Waals surface area contributed by atoms with E-state index in [0.29, 0.717) is 58.4 Å². The van der Waals surface area contributed by atoms with Crippen LogP contribution < -0.4 is 0 Å². The van der Waals surface area contributed by atoms with Gasteiger partial charge >= 0.3 is 6.09 Å². The highest BCUT2D eigenvalue weighted by molar-refractivity contribution is 7.97. The lowest BCUT2D eigenvalue weighted by molar-refractivity contribution is -0.128. The van der Waals surface area contributed by atoms with Crippen molar-refractivity contribution in [3.8, 4) is 0 Å². The Bertz CT molecular complexity index is 1680. The van der Waals surface area contributed by atoms with Crippen LogP contribution in [0.4, 0.5) is 4.79 Å². The van der Waals surface area contributed by atoms with E-state index >= 15 is 0 Å². The molecule has 0 radical (unpaired) electrons. The standard InChI is InChI=1S/C18H15S.C11H21NO3.C10H16O4S.C6H15NO3/c1-4-10-16(11-5-1)19(17-12-6-2-7-13-17)18-14-8-3-9-15-18;1-4-11(2,3)15-10(14)12-7-5-9(13)6-8-12;1-9(2)7-3-4-10(9,8(11)5-7)6-15(12,13)14;8-4-1-7(2-5-9)3-6-10/h1-15H;9,13H,4-8H2,1-3H3;7H,3-6H2,1-2H3,(H,12,13,14);8-10H,1-6H2/q+1;;;/p-1. The third-order valence-corrected chi connectivity index (χ3v) is 14.8. The first-order valence-corrected chi connectivity index (χ1v) is 23.3. The lowest BCUT2D eigenvalue weighted by atomic mass is 9.70. The molecule has 2 atom stereocenters. The van der Waals surface area contributed by atoms with Crippen LogP contribution in [0.25, 0.3) is 0 Å². The molecule has 2 aliphatic carbocycles. The first-order valence-electron chi connectivity index (χ1n) is 20.5. The highest BCUT2D eigenvalue weighted by atomic mass is 32.2. The molecule has 3 aliphatic rings. The van der Waals surface area contributed by atoms with Gasteiger partial charge in [-0.15, -0.1) is 0 Å². The fourth-order valence-electron chi connectivity index (χ4n) is 7.67. The van der Waals surface area contributed by atoms with Gasteiger partial charge < -0.3 is 34.6 Å². The molecule has 14 heteroatoms. The molecule has 1 heterocycles. The van der Waals surface area contributed by atoms with Gasteiger partial charge in [-0.1, -0.05) is 75.4 Å². The molecule has 3 aromatic carbocycles. The van der Waals surface area contributed by atoms with Gasteiger partial charge in [-0.25, -0.2) is 13.2 Å². The Labute approximate surface area is 354 Å². The van der Waals surface area contributed by atoms with Gasteiger partial charge in [-0.05, 0) is 93.7 Å². The number of carbonyl (C=O) groups excluding carboxylic acids is 2. The maximum absolute atomic E-state index is 11.8. The van der Waals surface area contributed by atoms with Crippen molar-refractivity contribution in [3.05, 3.63) is 91.0 Å². The Morgan fingerprint density at radius 2 is 1.25 bits per heavy atom. The number of fused-ring (bicyclic) bond motifs is 2. The van der Waals surface area contributed by atoms with Crippen LogP contribution >= 0.6 is 0 Å². The monoisotopic (exact) mass is 858 g/mol. The quantitative estimate of drug-likeness (QED) is 0.121. The normalized spacial score (nSPS) is 19.9. The number of benzene rings is 3. The SMILES string of the molecule is CC1(C)C2CCC1(CS(=O)(=O)[O-])C(=O)C2.CCC(C)(C)OC(=O)N1CCC(O)CC1.OCCN(CCO)CCO.c1ccc([S+](c2ccccc2)c2ccccc2)cc1. The molecular formula is C45H66N2O10S2. The zero-order valence-electron chi connectivity index (χ0n) is 35.4. The van der Waals surface area contributed by atoms with E-state index in [4.69, 9.17) is 20.1 Å². The zero-order valence-corrected chi connectivity index (χ0v) is 37.0. The number of Topliss-reactive ketones (excluding diaryl/α,β-unsaturated/α-hetero) is 1. The first-order chi connectivity index (χ1) is 27.9. The Morgan fingerprint density at radius 1 is 0.831 bits per heavy atom. The molecule has 1 saturated heterocycles. The Balaban J connectivity index is 0.000000216. The van der Waals surface area contributed by atoms with Gasteiger partial charge in [0.25, 0.3) is 0 Å². The van der Waals surface area contributed by atoms with Crippen molar-refractivity contribution < 1.29 is 47.7 Å². The second-order valence-corrected chi connectivity index (χ2v) is 19.8.